The summed E-state index contributed by atoms with van der Waals surface area (Å²) in [6.45, 7) is 6.37. The number of halogens is 1. The number of hydrogen-bond acceptors (Lipinski definition) is 4. The van der Waals surface area contributed by atoms with Gasteiger partial charge in [0.05, 0.1) is 12.5 Å². The van der Waals surface area contributed by atoms with Gasteiger partial charge in [-0.05, 0) is 34.2 Å². The second-order valence-electron chi connectivity index (χ2n) is 9.26. The average molecular weight is 456 g/mol. The van der Waals surface area contributed by atoms with Gasteiger partial charge in [-0.1, -0.05) is 51.1 Å². The molecule has 3 rings (SSSR count). The fraction of sp³-hybridized carbons (Fsp3) is 0.400. The summed E-state index contributed by atoms with van der Waals surface area (Å²) in [5.41, 5.74) is 1.93. The molecule has 7 nitrogen and oxygen atoms in total. The van der Waals surface area contributed by atoms with Crippen LogP contribution in [0, 0.1) is 11.7 Å². The Balaban J connectivity index is 1.83. The smallest absolute Gasteiger partial charge is 0.251 e. The van der Waals surface area contributed by atoms with E-state index in [1.165, 1.54) is 6.07 Å². The van der Waals surface area contributed by atoms with Crippen LogP contribution < -0.4 is 16.0 Å². The zero-order valence-corrected chi connectivity index (χ0v) is 19.3. The van der Waals surface area contributed by atoms with Crippen molar-refractivity contribution in [3.05, 3.63) is 65.0 Å². The fourth-order valence-electron chi connectivity index (χ4n) is 3.74. The fourth-order valence-corrected chi connectivity index (χ4v) is 3.74. The van der Waals surface area contributed by atoms with Crippen molar-refractivity contribution in [1.82, 2.24) is 10.6 Å². The van der Waals surface area contributed by atoms with Crippen LogP contribution in [0.4, 0.5) is 10.1 Å². The highest BCUT2D eigenvalue weighted by Gasteiger charge is 2.32. The lowest BCUT2D eigenvalue weighted by Crippen LogP contribution is -2.40. The molecule has 1 heterocycles. The third-order valence-electron chi connectivity index (χ3n) is 5.57. The van der Waals surface area contributed by atoms with E-state index in [1.54, 1.807) is 31.4 Å². The van der Waals surface area contributed by atoms with Crippen molar-refractivity contribution >= 4 is 23.4 Å². The van der Waals surface area contributed by atoms with Gasteiger partial charge in [0.2, 0.25) is 11.8 Å². The van der Waals surface area contributed by atoms with Gasteiger partial charge in [0, 0.05) is 25.8 Å². The van der Waals surface area contributed by atoms with Crippen molar-refractivity contribution < 1.29 is 23.5 Å². The van der Waals surface area contributed by atoms with Crippen LogP contribution in [-0.4, -0.2) is 31.4 Å². The van der Waals surface area contributed by atoms with E-state index in [1.807, 2.05) is 32.9 Å². The number of carbonyl (C=O) groups excluding carboxylic acids is 3. The van der Waals surface area contributed by atoms with E-state index in [9.17, 15) is 18.8 Å². The minimum absolute atomic E-state index is 0.0758. The van der Waals surface area contributed by atoms with Crippen molar-refractivity contribution in [3.63, 3.8) is 0 Å². The molecule has 2 atom stereocenters. The van der Waals surface area contributed by atoms with Crippen molar-refractivity contribution in [2.24, 2.45) is 5.92 Å². The quantitative estimate of drug-likeness (QED) is 0.597. The number of ether oxygens (including phenoxy) is 1. The highest BCUT2D eigenvalue weighted by molar-refractivity contribution is 5.99. The van der Waals surface area contributed by atoms with E-state index >= 15 is 0 Å². The maximum atomic E-state index is 14.6. The lowest BCUT2D eigenvalue weighted by molar-refractivity contribution is -0.129. The maximum absolute atomic E-state index is 14.6. The minimum atomic E-state index is -1.02. The van der Waals surface area contributed by atoms with Gasteiger partial charge in [-0.25, -0.2) is 4.39 Å². The molecule has 1 aliphatic rings. The van der Waals surface area contributed by atoms with Crippen LogP contribution in [0.15, 0.2) is 42.5 Å². The summed E-state index contributed by atoms with van der Waals surface area (Å²) in [5.74, 6) is -2.08. The molecule has 1 saturated heterocycles. The summed E-state index contributed by atoms with van der Waals surface area (Å²) >= 11 is 0. The van der Waals surface area contributed by atoms with E-state index in [4.69, 9.17) is 4.74 Å². The van der Waals surface area contributed by atoms with Crippen molar-refractivity contribution in [2.75, 3.05) is 19.0 Å². The third-order valence-corrected chi connectivity index (χ3v) is 5.57. The third kappa shape index (κ3) is 6.16. The number of methoxy groups -OCH3 is 1. The summed E-state index contributed by atoms with van der Waals surface area (Å²) in [6, 6.07) is 10.6. The van der Waals surface area contributed by atoms with Crippen molar-refractivity contribution in [3.8, 4) is 0 Å². The second-order valence-corrected chi connectivity index (χ2v) is 9.26. The Hall–Kier alpha value is -3.26. The Morgan fingerprint density at radius 3 is 2.42 bits per heavy atom. The number of nitrogens with one attached hydrogen (secondary N) is 3. The SMILES string of the molecule is COCc1ccc([C@@H](NC(=O)[C@H]2CNC(=O)C2)C(=O)Nc2ccc(C(C)(C)C)c(F)c2)cc1. The lowest BCUT2D eigenvalue weighted by atomic mass is 9.86. The topological polar surface area (TPSA) is 96.5 Å². The van der Waals surface area contributed by atoms with Crippen LogP contribution in [-0.2, 0) is 31.1 Å². The monoisotopic (exact) mass is 455 g/mol. The highest BCUT2D eigenvalue weighted by Crippen LogP contribution is 2.27. The minimum Gasteiger partial charge on any atom is -0.380 e. The first-order valence-electron chi connectivity index (χ1n) is 10.8. The van der Waals surface area contributed by atoms with Crippen LogP contribution in [0.25, 0.3) is 0 Å². The molecule has 0 aliphatic carbocycles. The lowest BCUT2D eigenvalue weighted by Gasteiger charge is -2.22. The zero-order valence-electron chi connectivity index (χ0n) is 19.3. The molecule has 0 aromatic heterocycles. The normalized spacial score (nSPS) is 16.8. The van der Waals surface area contributed by atoms with Crippen LogP contribution >= 0.6 is 0 Å². The molecule has 1 aliphatic heterocycles. The van der Waals surface area contributed by atoms with E-state index in [0.29, 0.717) is 23.4 Å². The molecule has 2 aromatic carbocycles. The second kappa shape index (κ2) is 10.1. The van der Waals surface area contributed by atoms with Gasteiger partial charge in [-0.3, -0.25) is 14.4 Å². The maximum Gasteiger partial charge on any atom is 0.251 e. The molecule has 176 valence electrons. The van der Waals surface area contributed by atoms with Gasteiger partial charge < -0.3 is 20.7 Å². The first-order chi connectivity index (χ1) is 15.6. The summed E-state index contributed by atoms with van der Waals surface area (Å²) < 4.78 is 19.7. The van der Waals surface area contributed by atoms with Crippen molar-refractivity contribution in [2.45, 2.75) is 45.3 Å². The zero-order chi connectivity index (χ0) is 24.2. The largest absolute Gasteiger partial charge is 0.380 e. The van der Waals surface area contributed by atoms with Crippen LogP contribution in [0.3, 0.4) is 0 Å². The van der Waals surface area contributed by atoms with Crippen LogP contribution in [0.1, 0.15) is 49.9 Å². The van der Waals surface area contributed by atoms with Gasteiger partial charge >= 0.3 is 0 Å². The van der Waals surface area contributed by atoms with Gasteiger partial charge in [0.15, 0.2) is 0 Å². The van der Waals surface area contributed by atoms with Gasteiger partial charge in [-0.2, -0.15) is 0 Å². The van der Waals surface area contributed by atoms with E-state index in [-0.39, 0.29) is 24.3 Å². The Morgan fingerprint density at radius 2 is 1.88 bits per heavy atom. The van der Waals surface area contributed by atoms with Crippen LogP contribution in [0.5, 0.6) is 0 Å². The Labute approximate surface area is 193 Å². The molecule has 3 N–H and O–H groups in total. The Kier molecular flexibility index (Phi) is 7.48. The molecule has 0 saturated carbocycles. The first-order valence-corrected chi connectivity index (χ1v) is 10.8. The van der Waals surface area contributed by atoms with Crippen molar-refractivity contribution in [1.29, 1.82) is 0 Å². The number of rotatable bonds is 7. The first kappa shape index (κ1) is 24.4. The molecule has 8 heteroatoms. The molecule has 0 unspecified atom stereocenters. The predicted molar refractivity (Wildman–Crippen MR) is 123 cm³/mol. The molecule has 3 amide bonds. The number of hydrogen-bond donors (Lipinski definition) is 3. The molecule has 0 radical (unpaired) electrons. The summed E-state index contributed by atoms with van der Waals surface area (Å²) in [5, 5.41) is 8.07. The Morgan fingerprint density at radius 1 is 1.18 bits per heavy atom. The molecular weight excluding hydrogens is 425 g/mol. The molecular formula is C25H30FN3O4. The molecule has 2 aromatic rings. The molecule has 33 heavy (non-hydrogen) atoms. The number of benzene rings is 2. The molecule has 1 fully saturated rings. The van der Waals surface area contributed by atoms with Crippen LogP contribution in [0.2, 0.25) is 0 Å². The van der Waals surface area contributed by atoms with Gasteiger partial charge in [0.25, 0.3) is 5.91 Å². The summed E-state index contributed by atoms with van der Waals surface area (Å²) in [6.07, 6.45) is 0.0758. The Bertz CT molecular complexity index is 1030. The standard InChI is InChI=1S/C25H30FN3O4/c1-25(2,3)19-10-9-18(12-20(19)26)28-24(32)22(16-7-5-15(6-8-16)14-33-4)29-23(31)17-11-21(30)27-13-17/h5-10,12,17,22H,11,13-14H2,1-4H3,(H,27,30)(H,28,32)(H,29,31)/t17-,22-/m1/s1. The van der Waals surface area contributed by atoms with Gasteiger partial charge in [0.1, 0.15) is 11.9 Å². The molecule has 0 spiro atoms. The number of anilines is 1. The van der Waals surface area contributed by atoms with E-state index < -0.39 is 29.6 Å². The average Bonchev–Trinajstić information content (AvgIpc) is 3.18. The van der Waals surface area contributed by atoms with E-state index in [2.05, 4.69) is 16.0 Å². The highest BCUT2D eigenvalue weighted by atomic mass is 19.1. The van der Waals surface area contributed by atoms with E-state index in [0.717, 1.165) is 5.56 Å². The van der Waals surface area contributed by atoms with Gasteiger partial charge in [-0.15, -0.1) is 0 Å². The molecule has 0 bridgehead atoms. The number of amides is 3. The predicted octanol–water partition coefficient (Wildman–Crippen LogP) is 3.20. The number of carbonyl (C=O) groups is 3. The summed E-state index contributed by atoms with van der Waals surface area (Å²) in [7, 11) is 1.59. The summed E-state index contributed by atoms with van der Waals surface area (Å²) in [4.78, 5) is 37.4.